The van der Waals surface area contributed by atoms with Crippen molar-refractivity contribution in [1.29, 1.82) is 0 Å². The zero-order chi connectivity index (χ0) is 21.8. The van der Waals surface area contributed by atoms with E-state index in [-0.39, 0.29) is 5.56 Å². The summed E-state index contributed by atoms with van der Waals surface area (Å²) < 4.78 is 118. The summed E-state index contributed by atoms with van der Waals surface area (Å²) >= 11 is 5.52. The second kappa shape index (κ2) is 6.82. The molecule has 3 aromatic rings. The lowest BCUT2D eigenvalue weighted by Crippen LogP contribution is -2.16. The minimum atomic E-state index is -5.06. The molecule has 29 heavy (non-hydrogen) atoms. The maximum Gasteiger partial charge on any atom is 0.449 e. The Morgan fingerprint density at radius 1 is 0.828 bits per heavy atom. The lowest BCUT2D eigenvalue weighted by molar-refractivity contribution is -0.146. The molecule has 0 bridgehead atoms. The third-order valence-electron chi connectivity index (χ3n) is 3.99. The fourth-order valence-electron chi connectivity index (χ4n) is 2.77. The van der Waals surface area contributed by atoms with Crippen molar-refractivity contribution in [3.63, 3.8) is 0 Å². The molecule has 0 N–H and O–H groups in total. The van der Waals surface area contributed by atoms with E-state index in [4.69, 9.17) is 11.6 Å². The van der Waals surface area contributed by atoms with Crippen LogP contribution in [-0.4, -0.2) is 9.55 Å². The quantitative estimate of drug-likeness (QED) is 0.396. The van der Waals surface area contributed by atoms with Crippen molar-refractivity contribution in [2.24, 2.45) is 0 Å². The van der Waals surface area contributed by atoms with Crippen LogP contribution in [0.4, 0.5) is 39.5 Å². The molecular weight excluding hydrogens is 439 g/mol. The van der Waals surface area contributed by atoms with Crippen LogP contribution in [0, 0.1) is 0 Å². The Kier molecular flexibility index (Phi) is 5.01. The van der Waals surface area contributed by atoms with Gasteiger partial charge in [0.25, 0.3) is 0 Å². The number of hydrogen-bond donors (Lipinski definition) is 0. The second-order valence-electron chi connectivity index (χ2n) is 6.04. The Morgan fingerprint density at radius 3 is 2.03 bits per heavy atom. The molecule has 2 aromatic carbocycles. The summed E-state index contributed by atoms with van der Waals surface area (Å²) in [6, 6.07) is 4.49. The van der Waals surface area contributed by atoms with Crippen LogP contribution < -0.4 is 0 Å². The number of rotatable bonds is 2. The number of fused-ring (bicyclic) bond motifs is 1. The molecule has 0 atom stereocenters. The van der Waals surface area contributed by atoms with Crippen molar-refractivity contribution >= 4 is 22.6 Å². The van der Waals surface area contributed by atoms with Crippen molar-refractivity contribution in [3.8, 4) is 0 Å². The van der Waals surface area contributed by atoms with Crippen molar-refractivity contribution in [2.75, 3.05) is 0 Å². The molecule has 3 rings (SSSR count). The van der Waals surface area contributed by atoms with Gasteiger partial charge >= 0.3 is 18.5 Å². The van der Waals surface area contributed by atoms with E-state index in [9.17, 15) is 39.5 Å². The molecular formula is C17H8ClF9N2. The first-order chi connectivity index (χ1) is 13.2. The topological polar surface area (TPSA) is 17.8 Å². The Labute approximate surface area is 161 Å². The van der Waals surface area contributed by atoms with Crippen molar-refractivity contribution in [1.82, 2.24) is 9.55 Å². The van der Waals surface area contributed by atoms with Crippen LogP contribution in [0.5, 0.6) is 0 Å². The van der Waals surface area contributed by atoms with Crippen LogP contribution >= 0.6 is 11.6 Å². The van der Waals surface area contributed by atoms with E-state index in [1.54, 1.807) is 0 Å². The molecule has 0 unspecified atom stereocenters. The molecule has 12 heteroatoms. The first-order valence-corrected chi connectivity index (χ1v) is 8.06. The zero-order valence-corrected chi connectivity index (χ0v) is 14.6. The summed E-state index contributed by atoms with van der Waals surface area (Å²) in [5, 5.41) is -0.845. The van der Waals surface area contributed by atoms with Gasteiger partial charge in [-0.1, -0.05) is 23.7 Å². The molecule has 0 saturated carbocycles. The molecule has 0 amide bonds. The highest BCUT2D eigenvalue weighted by Crippen LogP contribution is 2.39. The highest BCUT2D eigenvalue weighted by atomic mass is 35.5. The summed E-state index contributed by atoms with van der Waals surface area (Å²) in [4.78, 5) is 3.30. The second-order valence-corrected chi connectivity index (χ2v) is 6.44. The number of nitrogens with zero attached hydrogens (tertiary/aromatic N) is 2. The van der Waals surface area contributed by atoms with Gasteiger partial charge in [0.1, 0.15) is 0 Å². The Morgan fingerprint density at radius 2 is 1.48 bits per heavy atom. The Balaban J connectivity index is 2.22. The number of aromatic nitrogens is 2. The lowest BCUT2D eigenvalue weighted by Gasteiger charge is -2.14. The van der Waals surface area contributed by atoms with Gasteiger partial charge in [0, 0.05) is 6.54 Å². The lowest BCUT2D eigenvalue weighted by atomic mass is 10.1. The van der Waals surface area contributed by atoms with E-state index >= 15 is 0 Å². The monoisotopic (exact) mass is 446 g/mol. The van der Waals surface area contributed by atoms with Crippen molar-refractivity contribution in [2.45, 2.75) is 25.1 Å². The summed E-state index contributed by atoms with van der Waals surface area (Å²) in [6.07, 6.45) is -14.8. The third kappa shape index (κ3) is 4.29. The van der Waals surface area contributed by atoms with Crippen LogP contribution in [0.1, 0.15) is 22.5 Å². The van der Waals surface area contributed by atoms with E-state index in [0.29, 0.717) is 22.8 Å². The standard InChI is InChI=1S/C17H8ClF9N2/c18-11-6-12-13(5-10(11)16(22,23)24)29(14(28-12)17(25,26)27)7-8-2-1-3-9(4-8)15(19,20)21/h1-6H,7H2. The number of alkyl halides is 9. The molecule has 1 aromatic heterocycles. The highest BCUT2D eigenvalue weighted by Gasteiger charge is 2.39. The van der Waals surface area contributed by atoms with Crippen LogP contribution in [-0.2, 0) is 25.1 Å². The molecule has 0 radical (unpaired) electrons. The van der Waals surface area contributed by atoms with Crippen molar-refractivity contribution < 1.29 is 39.5 Å². The predicted octanol–water partition coefficient (Wildman–Crippen LogP) is 6.79. The minimum absolute atomic E-state index is 0.201. The van der Waals surface area contributed by atoms with Crippen LogP contribution in [0.3, 0.4) is 0 Å². The maximum absolute atomic E-state index is 13.4. The Bertz CT molecular complexity index is 1060. The van der Waals surface area contributed by atoms with Crippen molar-refractivity contribution in [3.05, 3.63) is 63.9 Å². The average molecular weight is 447 g/mol. The smallest absolute Gasteiger partial charge is 0.316 e. The number of hydrogen-bond acceptors (Lipinski definition) is 1. The first-order valence-electron chi connectivity index (χ1n) is 7.68. The van der Waals surface area contributed by atoms with Gasteiger partial charge in [-0.3, -0.25) is 0 Å². The summed E-state index contributed by atoms with van der Waals surface area (Å²) in [5.41, 5.74) is -3.72. The van der Waals surface area contributed by atoms with Gasteiger partial charge in [-0.15, -0.1) is 0 Å². The highest BCUT2D eigenvalue weighted by molar-refractivity contribution is 6.32. The molecule has 0 aliphatic carbocycles. The van der Waals surface area contributed by atoms with Gasteiger partial charge in [0.05, 0.1) is 27.2 Å². The number of halogens is 10. The van der Waals surface area contributed by atoms with E-state index in [1.807, 2.05) is 0 Å². The molecule has 2 nitrogen and oxygen atoms in total. The summed E-state index contributed by atoms with van der Waals surface area (Å²) in [6.45, 7) is -0.784. The third-order valence-corrected chi connectivity index (χ3v) is 4.30. The van der Waals surface area contributed by atoms with Gasteiger partial charge in [0.15, 0.2) is 0 Å². The van der Waals surface area contributed by atoms with Crippen LogP contribution in [0.2, 0.25) is 5.02 Å². The van der Waals surface area contributed by atoms with E-state index < -0.39 is 58.1 Å². The SMILES string of the molecule is FC(F)(F)c1cccc(Cn2c(C(F)(F)F)nc3cc(Cl)c(C(F)(F)F)cc32)c1. The largest absolute Gasteiger partial charge is 0.449 e. The normalized spacial score (nSPS) is 13.3. The van der Waals surface area contributed by atoms with Crippen LogP contribution in [0.25, 0.3) is 11.0 Å². The molecule has 0 aliphatic heterocycles. The summed E-state index contributed by atoms with van der Waals surface area (Å²) in [7, 11) is 0. The maximum atomic E-state index is 13.4. The molecule has 0 saturated heterocycles. The van der Waals surface area contributed by atoms with E-state index in [1.165, 1.54) is 0 Å². The van der Waals surface area contributed by atoms with Gasteiger partial charge in [-0.25, -0.2) is 4.98 Å². The molecule has 1 heterocycles. The van der Waals surface area contributed by atoms with Gasteiger partial charge in [0.2, 0.25) is 5.82 Å². The molecule has 0 aliphatic rings. The van der Waals surface area contributed by atoms with Gasteiger partial charge in [-0.2, -0.15) is 39.5 Å². The summed E-state index contributed by atoms with van der Waals surface area (Å²) in [5.74, 6) is -1.56. The van der Waals surface area contributed by atoms with E-state index in [2.05, 4.69) is 4.98 Å². The van der Waals surface area contributed by atoms with Gasteiger partial charge in [-0.05, 0) is 29.8 Å². The average Bonchev–Trinajstić information content (AvgIpc) is 2.90. The molecule has 156 valence electrons. The fraction of sp³-hybridized carbons (Fsp3) is 0.235. The number of imidazole rings is 1. The first kappa shape index (κ1) is 21.3. The zero-order valence-electron chi connectivity index (χ0n) is 13.8. The Hall–Kier alpha value is -2.43. The van der Waals surface area contributed by atoms with Gasteiger partial charge < -0.3 is 4.57 Å². The molecule has 0 spiro atoms. The number of benzene rings is 2. The predicted molar refractivity (Wildman–Crippen MR) is 85.3 cm³/mol. The van der Waals surface area contributed by atoms with Crippen LogP contribution in [0.15, 0.2) is 36.4 Å². The van der Waals surface area contributed by atoms with E-state index in [0.717, 1.165) is 18.2 Å². The molecule has 0 fully saturated rings. The minimum Gasteiger partial charge on any atom is -0.316 e. The fourth-order valence-corrected chi connectivity index (χ4v) is 3.03.